The van der Waals surface area contributed by atoms with Crippen LogP contribution in [0.25, 0.3) is 11.5 Å². The van der Waals surface area contributed by atoms with Gasteiger partial charge in [0.25, 0.3) is 5.22 Å². The van der Waals surface area contributed by atoms with Crippen molar-refractivity contribution in [3.63, 3.8) is 0 Å². The molecule has 0 unspecified atom stereocenters. The van der Waals surface area contributed by atoms with E-state index in [2.05, 4.69) is 32.2 Å². The van der Waals surface area contributed by atoms with Gasteiger partial charge in [-0.1, -0.05) is 30.0 Å². The summed E-state index contributed by atoms with van der Waals surface area (Å²) >= 11 is 4.75. The average molecular weight is 408 g/mol. The summed E-state index contributed by atoms with van der Waals surface area (Å²) in [6.07, 6.45) is 5.33. The van der Waals surface area contributed by atoms with Crippen LogP contribution in [-0.2, 0) is 4.79 Å². The molecule has 1 heterocycles. The fourth-order valence-electron chi connectivity index (χ4n) is 2.65. The summed E-state index contributed by atoms with van der Waals surface area (Å²) in [7, 11) is 0. The van der Waals surface area contributed by atoms with E-state index in [4.69, 9.17) is 4.42 Å². The summed E-state index contributed by atoms with van der Waals surface area (Å²) in [5.74, 6) is 0.822. The lowest BCUT2D eigenvalue weighted by molar-refractivity contribution is -0.126. The zero-order valence-electron chi connectivity index (χ0n) is 13.4. The first-order valence-corrected chi connectivity index (χ1v) is 9.67. The molecule has 1 aromatic heterocycles. The van der Waals surface area contributed by atoms with Crippen molar-refractivity contribution in [2.75, 3.05) is 12.3 Å². The van der Waals surface area contributed by atoms with Gasteiger partial charge in [0.15, 0.2) is 0 Å². The summed E-state index contributed by atoms with van der Waals surface area (Å²) in [5, 5.41) is 8.50. The van der Waals surface area contributed by atoms with Gasteiger partial charge in [0.2, 0.25) is 11.8 Å². The minimum Gasteiger partial charge on any atom is -0.411 e. The molecule has 0 bridgehead atoms. The van der Waals surface area contributed by atoms with Gasteiger partial charge in [-0.05, 0) is 54.2 Å². The van der Waals surface area contributed by atoms with Gasteiger partial charge in [0.1, 0.15) is 0 Å². The molecular weight excluding hydrogens is 390 g/mol. The van der Waals surface area contributed by atoms with Crippen LogP contribution in [0.4, 0.5) is 0 Å². The van der Waals surface area contributed by atoms with Gasteiger partial charge < -0.3 is 9.32 Å². The van der Waals surface area contributed by atoms with Crippen LogP contribution in [0, 0.1) is 0 Å². The predicted molar refractivity (Wildman–Crippen MR) is 97.5 cm³/mol. The van der Waals surface area contributed by atoms with E-state index in [0.717, 1.165) is 35.0 Å². The number of nitrogens with zero attached hydrogens (tertiary/aromatic N) is 3. The molecular formula is C17H18BrN3O2S. The molecule has 0 N–H and O–H groups in total. The van der Waals surface area contributed by atoms with E-state index >= 15 is 0 Å². The first-order chi connectivity index (χ1) is 11.7. The number of thioether (sulfide) groups is 1. The van der Waals surface area contributed by atoms with Crippen LogP contribution in [0.5, 0.6) is 0 Å². The third kappa shape index (κ3) is 3.89. The Hall–Kier alpha value is -1.60. The Morgan fingerprint density at radius 1 is 1.38 bits per heavy atom. The van der Waals surface area contributed by atoms with Crippen molar-refractivity contribution in [1.29, 1.82) is 0 Å². The number of allylic oxidation sites excluding steroid dienone is 2. The quantitative estimate of drug-likeness (QED) is 0.659. The number of halogens is 1. The maximum atomic E-state index is 12.4. The van der Waals surface area contributed by atoms with Gasteiger partial charge in [0.05, 0.1) is 11.3 Å². The normalized spacial score (nSPS) is 13.8. The number of hydrogen-bond donors (Lipinski definition) is 0. The van der Waals surface area contributed by atoms with E-state index in [0.29, 0.717) is 23.4 Å². The van der Waals surface area contributed by atoms with Gasteiger partial charge in [-0.3, -0.25) is 4.79 Å². The van der Waals surface area contributed by atoms with Gasteiger partial charge in [0, 0.05) is 16.7 Å². The van der Waals surface area contributed by atoms with Crippen molar-refractivity contribution in [3.05, 3.63) is 40.5 Å². The molecule has 1 aromatic carbocycles. The molecule has 0 radical (unpaired) electrons. The predicted octanol–water partition coefficient (Wildman–Crippen LogP) is 4.51. The molecule has 0 fully saturated rings. The molecule has 0 aliphatic heterocycles. The van der Waals surface area contributed by atoms with E-state index in [9.17, 15) is 4.79 Å². The minimum atomic E-state index is 0.0799. The smallest absolute Gasteiger partial charge is 0.277 e. The van der Waals surface area contributed by atoms with Crippen LogP contribution in [0.3, 0.4) is 0 Å². The summed E-state index contributed by atoms with van der Waals surface area (Å²) < 4.78 is 6.56. The Labute approximate surface area is 153 Å². The maximum Gasteiger partial charge on any atom is 0.277 e. The molecule has 0 saturated carbocycles. The Bertz CT molecular complexity index is 760. The summed E-state index contributed by atoms with van der Waals surface area (Å²) in [6, 6.07) is 7.66. The number of amides is 1. The highest BCUT2D eigenvalue weighted by atomic mass is 79.9. The second-order valence-electron chi connectivity index (χ2n) is 5.37. The topological polar surface area (TPSA) is 59.2 Å². The maximum absolute atomic E-state index is 12.4. The molecule has 0 spiro atoms. The SMILES string of the molecule is CCN(C(=O)CSc1nnc(-c2ccccc2Br)o1)C1=CCCC1. The lowest BCUT2D eigenvalue weighted by Crippen LogP contribution is -2.31. The molecule has 1 aliphatic carbocycles. The molecule has 7 heteroatoms. The third-order valence-corrected chi connectivity index (χ3v) is 5.31. The molecule has 5 nitrogen and oxygen atoms in total. The number of carbonyl (C=O) groups excluding carboxylic acids is 1. The average Bonchev–Trinajstić information content (AvgIpc) is 3.26. The van der Waals surface area contributed by atoms with Crippen molar-refractivity contribution < 1.29 is 9.21 Å². The summed E-state index contributed by atoms with van der Waals surface area (Å²) in [4.78, 5) is 14.3. The van der Waals surface area contributed by atoms with Crippen molar-refractivity contribution in [1.82, 2.24) is 15.1 Å². The standard InChI is InChI=1S/C17H18BrN3O2S/c1-2-21(12-7-3-4-8-12)15(22)11-24-17-20-19-16(23-17)13-9-5-6-10-14(13)18/h5-7,9-10H,2-4,8,11H2,1H3. The number of aromatic nitrogens is 2. The third-order valence-electron chi connectivity index (χ3n) is 3.81. The summed E-state index contributed by atoms with van der Waals surface area (Å²) in [5.41, 5.74) is 1.98. The highest BCUT2D eigenvalue weighted by Gasteiger charge is 2.20. The van der Waals surface area contributed by atoms with Crippen LogP contribution in [-0.4, -0.2) is 33.3 Å². The van der Waals surface area contributed by atoms with Crippen molar-refractivity contribution in [3.8, 4) is 11.5 Å². The van der Waals surface area contributed by atoms with E-state index in [1.165, 1.54) is 11.8 Å². The Morgan fingerprint density at radius 3 is 2.92 bits per heavy atom. The first kappa shape index (κ1) is 17.2. The lowest BCUT2D eigenvalue weighted by Gasteiger charge is -2.21. The number of carbonyl (C=O) groups is 1. The second kappa shape index (κ2) is 7.98. The lowest BCUT2D eigenvalue weighted by atomic mass is 10.2. The van der Waals surface area contributed by atoms with E-state index < -0.39 is 0 Å². The minimum absolute atomic E-state index is 0.0799. The zero-order valence-corrected chi connectivity index (χ0v) is 15.8. The van der Waals surface area contributed by atoms with E-state index in [-0.39, 0.29) is 5.91 Å². The highest BCUT2D eigenvalue weighted by Crippen LogP contribution is 2.29. The fourth-order valence-corrected chi connectivity index (χ4v) is 3.75. The van der Waals surface area contributed by atoms with Crippen LogP contribution >= 0.6 is 27.7 Å². The molecule has 2 aromatic rings. The molecule has 3 rings (SSSR count). The zero-order chi connectivity index (χ0) is 16.9. The molecule has 0 atom stereocenters. The monoisotopic (exact) mass is 407 g/mol. The van der Waals surface area contributed by atoms with Crippen LogP contribution in [0.1, 0.15) is 26.2 Å². The Morgan fingerprint density at radius 2 is 2.21 bits per heavy atom. The second-order valence-corrected chi connectivity index (χ2v) is 7.15. The molecule has 1 aliphatic rings. The van der Waals surface area contributed by atoms with E-state index in [1.807, 2.05) is 36.1 Å². The molecule has 24 heavy (non-hydrogen) atoms. The fraction of sp³-hybridized carbons (Fsp3) is 0.353. The Balaban J connectivity index is 1.63. The number of hydrogen-bond acceptors (Lipinski definition) is 5. The van der Waals surface area contributed by atoms with Crippen molar-refractivity contribution >= 4 is 33.6 Å². The van der Waals surface area contributed by atoms with E-state index in [1.54, 1.807) is 0 Å². The van der Waals surface area contributed by atoms with Gasteiger partial charge in [-0.2, -0.15) is 0 Å². The van der Waals surface area contributed by atoms with Crippen LogP contribution in [0.15, 0.2) is 50.2 Å². The van der Waals surface area contributed by atoms with Gasteiger partial charge >= 0.3 is 0 Å². The molecule has 1 amide bonds. The van der Waals surface area contributed by atoms with Gasteiger partial charge in [-0.25, -0.2) is 0 Å². The first-order valence-electron chi connectivity index (χ1n) is 7.89. The number of benzene rings is 1. The largest absolute Gasteiger partial charge is 0.411 e. The van der Waals surface area contributed by atoms with Crippen LogP contribution in [0.2, 0.25) is 0 Å². The highest BCUT2D eigenvalue weighted by molar-refractivity contribution is 9.10. The number of rotatable bonds is 6. The van der Waals surface area contributed by atoms with Gasteiger partial charge in [-0.15, -0.1) is 10.2 Å². The van der Waals surface area contributed by atoms with Crippen molar-refractivity contribution in [2.45, 2.75) is 31.4 Å². The molecule has 126 valence electrons. The van der Waals surface area contributed by atoms with Crippen LogP contribution < -0.4 is 0 Å². The summed E-state index contributed by atoms with van der Waals surface area (Å²) in [6.45, 7) is 2.69. The van der Waals surface area contributed by atoms with Crippen molar-refractivity contribution in [2.24, 2.45) is 0 Å². The Kier molecular flexibility index (Phi) is 5.73. The molecule has 0 saturated heterocycles.